The smallest absolute Gasteiger partial charge is 0.416 e. The Labute approximate surface area is 324 Å². The van der Waals surface area contributed by atoms with E-state index in [1.807, 2.05) is 49.1 Å². The van der Waals surface area contributed by atoms with Crippen molar-refractivity contribution in [1.29, 1.82) is 0 Å². The number of ether oxygens (including phenoxy) is 1. The maximum Gasteiger partial charge on any atom is 0.416 e. The Bertz CT molecular complexity index is 2400. The minimum absolute atomic E-state index is 0.000939. The summed E-state index contributed by atoms with van der Waals surface area (Å²) in [5.41, 5.74) is 3.10. The number of alkyl halides is 3. The van der Waals surface area contributed by atoms with Gasteiger partial charge in [-0.3, -0.25) is 14.4 Å². The normalized spacial score (nSPS) is 14.5. The van der Waals surface area contributed by atoms with Gasteiger partial charge >= 0.3 is 6.18 Å². The van der Waals surface area contributed by atoms with E-state index in [1.165, 1.54) is 16.4 Å². The lowest BCUT2D eigenvalue weighted by Gasteiger charge is -2.36. The van der Waals surface area contributed by atoms with E-state index in [9.17, 15) is 27.6 Å². The average Bonchev–Trinajstić information content (AvgIpc) is 3.61. The van der Waals surface area contributed by atoms with E-state index in [1.54, 1.807) is 16.4 Å². The fraction of sp³-hybridized carbons (Fsp3) is 0.359. The number of nitrogens with zero attached hydrogens (tertiary/aromatic N) is 8. The average molecular weight is 790 g/mol. The number of carbonyl (C=O) groups excluding carboxylic acids is 2. The summed E-state index contributed by atoms with van der Waals surface area (Å²) in [5.74, 6) is -0.111. The molecular formula is C39H39ClF3N9O4. The van der Waals surface area contributed by atoms with Crippen LogP contribution in [0.4, 0.5) is 24.5 Å². The highest BCUT2D eigenvalue weighted by atomic mass is 35.5. The van der Waals surface area contributed by atoms with Gasteiger partial charge in [-0.25, -0.2) is 9.97 Å². The van der Waals surface area contributed by atoms with Crippen molar-refractivity contribution in [3.8, 4) is 5.75 Å². The number of allylic oxidation sites excluding steroid dienone is 2. The molecule has 1 saturated carbocycles. The van der Waals surface area contributed by atoms with E-state index in [2.05, 4.69) is 20.4 Å². The maximum atomic E-state index is 14.4. The quantitative estimate of drug-likeness (QED) is 0.171. The first kappa shape index (κ1) is 38.5. The summed E-state index contributed by atoms with van der Waals surface area (Å²) in [7, 11) is 0. The first-order valence-corrected chi connectivity index (χ1v) is 18.6. The molecule has 2 aromatic carbocycles. The molecule has 56 heavy (non-hydrogen) atoms. The molecular weight excluding hydrogens is 751 g/mol. The van der Waals surface area contributed by atoms with E-state index < -0.39 is 23.2 Å². The third-order valence-corrected chi connectivity index (χ3v) is 10.5. The predicted molar refractivity (Wildman–Crippen MR) is 204 cm³/mol. The fourth-order valence-corrected chi connectivity index (χ4v) is 7.13. The number of halogens is 4. The van der Waals surface area contributed by atoms with Crippen LogP contribution in [0.15, 0.2) is 65.2 Å². The summed E-state index contributed by atoms with van der Waals surface area (Å²) in [5, 5.41) is 6.96. The van der Waals surface area contributed by atoms with Gasteiger partial charge in [-0.15, -0.1) is 5.10 Å². The molecule has 1 N–H and O–H groups in total. The molecule has 1 aliphatic heterocycles. The maximum absolute atomic E-state index is 14.4. The molecule has 0 atom stereocenters. The second kappa shape index (κ2) is 15.8. The number of aryl methyl sites for hydroxylation is 1. The van der Waals surface area contributed by atoms with Gasteiger partial charge in [0.1, 0.15) is 25.2 Å². The first-order chi connectivity index (χ1) is 26.8. The Morgan fingerprint density at radius 2 is 1.75 bits per heavy atom. The molecule has 1 saturated heterocycles. The molecule has 3 aromatic heterocycles. The number of aromatic nitrogens is 6. The molecule has 2 fully saturated rings. The molecule has 1 aliphatic carbocycles. The van der Waals surface area contributed by atoms with Crippen LogP contribution in [0.5, 0.6) is 5.75 Å². The van der Waals surface area contributed by atoms with Crippen molar-refractivity contribution >= 4 is 46.1 Å². The number of carbonyl (C=O) groups is 2. The molecule has 13 nitrogen and oxygen atoms in total. The van der Waals surface area contributed by atoms with E-state index >= 15 is 0 Å². The number of amides is 2. The lowest BCUT2D eigenvalue weighted by Crippen LogP contribution is -2.51. The molecule has 7 rings (SSSR count). The number of rotatable bonds is 10. The number of hydrogen-bond donors (Lipinski definition) is 1. The van der Waals surface area contributed by atoms with Crippen LogP contribution >= 0.6 is 11.6 Å². The summed E-state index contributed by atoms with van der Waals surface area (Å²) in [6.07, 6.45) is -0.0879. The Hall–Kier alpha value is -5.77. The zero-order chi connectivity index (χ0) is 39.7. The highest BCUT2D eigenvalue weighted by Gasteiger charge is 2.33. The van der Waals surface area contributed by atoms with Gasteiger partial charge in [-0.2, -0.15) is 22.7 Å². The SMILES string of the molecule is CCc1c(N2CCN(C(=O)c3ncnc(C)c3OCc3ccccc3)CC2)c(=O)n2nc(C(C)=C3CCC3)nc2n1CC(=O)Nc1ccc(C(F)(F)F)cc1Cl. The van der Waals surface area contributed by atoms with Crippen molar-refractivity contribution in [2.24, 2.45) is 0 Å². The van der Waals surface area contributed by atoms with Gasteiger partial charge in [-0.05, 0) is 68.9 Å². The van der Waals surface area contributed by atoms with Gasteiger partial charge < -0.3 is 24.4 Å². The highest BCUT2D eigenvalue weighted by molar-refractivity contribution is 6.33. The summed E-state index contributed by atoms with van der Waals surface area (Å²) >= 11 is 6.16. The van der Waals surface area contributed by atoms with E-state index in [0.717, 1.165) is 48.6 Å². The van der Waals surface area contributed by atoms with Crippen molar-refractivity contribution < 1.29 is 27.5 Å². The van der Waals surface area contributed by atoms with Crippen molar-refractivity contribution in [3.05, 3.63) is 110 Å². The number of hydrogen-bond acceptors (Lipinski definition) is 9. The van der Waals surface area contributed by atoms with Gasteiger partial charge in [0.2, 0.25) is 11.7 Å². The van der Waals surface area contributed by atoms with Crippen LogP contribution in [-0.4, -0.2) is 72.0 Å². The second-order valence-electron chi connectivity index (χ2n) is 13.7. The van der Waals surface area contributed by atoms with Gasteiger partial charge in [-0.1, -0.05) is 54.4 Å². The molecule has 292 valence electrons. The molecule has 0 bridgehead atoms. The molecule has 2 amide bonds. The number of fused-ring (bicyclic) bond motifs is 1. The third-order valence-electron chi connectivity index (χ3n) is 10.1. The first-order valence-electron chi connectivity index (χ1n) is 18.2. The van der Waals surface area contributed by atoms with Crippen LogP contribution in [0, 0.1) is 6.92 Å². The molecule has 0 spiro atoms. The Kier molecular flexibility index (Phi) is 10.8. The molecule has 0 radical (unpaired) electrons. The summed E-state index contributed by atoms with van der Waals surface area (Å²) in [6, 6.07) is 12.2. The number of anilines is 2. The minimum atomic E-state index is -4.61. The van der Waals surface area contributed by atoms with Crippen LogP contribution in [-0.2, 0) is 30.5 Å². The van der Waals surface area contributed by atoms with Gasteiger partial charge in [0, 0.05) is 26.2 Å². The lowest BCUT2D eigenvalue weighted by atomic mass is 9.88. The van der Waals surface area contributed by atoms with E-state index in [0.29, 0.717) is 35.1 Å². The zero-order valence-corrected chi connectivity index (χ0v) is 31.7. The predicted octanol–water partition coefficient (Wildman–Crippen LogP) is 6.36. The van der Waals surface area contributed by atoms with E-state index in [-0.39, 0.29) is 67.4 Å². The Morgan fingerprint density at radius 1 is 1.02 bits per heavy atom. The zero-order valence-electron chi connectivity index (χ0n) is 31.0. The fourth-order valence-electron chi connectivity index (χ4n) is 6.90. The van der Waals surface area contributed by atoms with Crippen molar-refractivity contribution in [3.63, 3.8) is 0 Å². The van der Waals surface area contributed by atoms with Crippen LogP contribution in [0.25, 0.3) is 11.4 Å². The molecule has 2 aliphatic rings. The third kappa shape index (κ3) is 7.70. The Balaban J connectivity index is 1.18. The van der Waals surface area contributed by atoms with Gasteiger partial charge in [0.05, 0.1) is 27.7 Å². The minimum Gasteiger partial charge on any atom is -0.485 e. The molecule has 5 aromatic rings. The van der Waals surface area contributed by atoms with Crippen molar-refractivity contribution in [2.75, 3.05) is 36.4 Å². The number of benzene rings is 2. The van der Waals surface area contributed by atoms with Crippen LogP contribution in [0.2, 0.25) is 5.02 Å². The molecule has 17 heteroatoms. The van der Waals surface area contributed by atoms with Gasteiger partial charge in [0.25, 0.3) is 11.5 Å². The summed E-state index contributed by atoms with van der Waals surface area (Å²) in [4.78, 5) is 58.7. The summed E-state index contributed by atoms with van der Waals surface area (Å²) < 4.78 is 48.7. The highest BCUT2D eigenvalue weighted by Crippen LogP contribution is 2.35. The van der Waals surface area contributed by atoms with E-state index in [4.69, 9.17) is 21.3 Å². The molecule has 0 unspecified atom stereocenters. The lowest BCUT2D eigenvalue weighted by molar-refractivity contribution is -0.137. The van der Waals surface area contributed by atoms with Crippen LogP contribution < -0.4 is 20.5 Å². The molecule has 4 heterocycles. The van der Waals surface area contributed by atoms with Crippen molar-refractivity contribution in [1.82, 2.24) is 34.0 Å². The van der Waals surface area contributed by atoms with Gasteiger partial charge in [0.15, 0.2) is 17.3 Å². The second-order valence-corrected chi connectivity index (χ2v) is 14.1. The van der Waals surface area contributed by atoms with Crippen LogP contribution in [0.1, 0.15) is 71.9 Å². The standard InChI is InChI=1S/C39H39ClF3N9O4/c1-4-30-33(49-15-17-50(18-16-49)36(54)32-34(24(3)44-22-45-32)56-21-25-9-6-5-7-10-25)37(55)52-38(47-35(48-52)23(2)26-11-8-12-26)51(30)20-31(53)46-29-14-13-27(19-28(29)40)39(41,42)43/h5-7,9-10,13-14,19,22H,4,8,11-12,15-18,20-21H2,1-3H3,(H,46,53). The van der Waals surface area contributed by atoms with Crippen LogP contribution in [0.3, 0.4) is 0 Å². The monoisotopic (exact) mass is 789 g/mol. The van der Waals surface area contributed by atoms with Crippen molar-refractivity contribution in [2.45, 2.75) is 65.8 Å². The topological polar surface area (TPSA) is 140 Å². The number of piperazine rings is 1. The summed E-state index contributed by atoms with van der Waals surface area (Å²) in [6.45, 7) is 6.46. The Morgan fingerprint density at radius 3 is 2.39 bits per heavy atom. The number of nitrogens with one attached hydrogen (secondary N) is 1. The largest absolute Gasteiger partial charge is 0.485 e.